The second-order valence-electron chi connectivity index (χ2n) is 6.18. The van der Waals surface area contributed by atoms with Crippen molar-refractivity contribution in [2.24, 2.45) is 5.92 Å². The van der Waals surface area contributed by atoms with Gasteiger partial charge in [-0.1, -0.05) is 5.16 Å². The monoisotopic (exact) mass is 291 g/mol. The van der Waals surface area contributed by atoms with E-state index in [0.29, 0.717) is 25.6 Å². The van der Waals surface area contributed by atoms with E-state index in [0.717, 1.165) is 29.9 Å². The third kappa shape index (κ3) is 2.66. The Kier molecular flexibility index (Phi) is 3.47. The standard InChI is InChI=1S/C15H21N3O3/c1-9-13(10(2)21-16-9)8-17(3)15(20)11-6-14(19)18(7-11)12-4-5-12/h11-12H,4-8H2,1-3H3. The lowest BCUT2D eigenvalue weighted by molar-refractivity contribution is -0.135. The maximum atomic E-state index is 12.5. The molecule has 6 heteroatoms. The average Bonchev–Trinajstić information content (AvgIpc) is 3.16. The van der Waals surface area contributed by atoms with Gasteiger partial charge in [-0.05, 0) is 26.7 Å². The molecule has 0 radical (unpaired) electrons. The molecule has 1 aliphatic heterocycles. The third-order valence-electron chi connectivity index (χ3n) is 4.45. The van der Waals surface area contributed by atoms with Crippen LogP contribution in [0.4, 0.5) is 0 Å². The molecule has 3 rings (SSSR count). The summed E-state index contributed by atoms with van der Waals surface area (Å²) in [5.41, 5.74) is 1.77. The Labute approximate surface area is 124 Å². The first-order valence-electron chi connectivity index (χ1n) is 7.43. The predicted molar refractivity (Wildman–Crippen MR) is 75.3 cm³/mol. The molecule has 6 nitrogen and oxygen atoms in total. The smallest absolute Gasteiger partial charge is 0.228 e. The maximum absolute atomic E-state index is 12.5. The Morgan fingerprint density at radius 2 is 2.14 bits per heavy atom. The maximum Gasteiger partial charge on any atom is 0.228 e. The van der Waals surface area contributed by atoms with Gasteiger partial charge in [0.2, 0.25) is 11.8 Å². The number of likely N-dealkylation sites (tertiary alicyclic amines) is 1. The summed E-state index contributed by atoms with van der Waals surface area (Å²) in [7, 11) is 1.78. The normalized spacial score (nSPS) is 22.0. The fraction of sp³-hybridized carbons (Fsp3) is 0.667. The Morgan fingerprint density at radius 1 is 1.43 bits per heavy atom. The zero-order chi connectivity index (χ0) is 15.1. The molecule has 0 N–H and O–H groups in total. The van der Waals surface area contributed by atoms with Gasteiger partial charge < -0.3 is 14.3 Å². The van der Waals surface area contributed by atoms with Crippen molar-refractivity contribution >= 4 is 11.8 Å². The van der Waals surface area contributed by atoms with Gasteiger partial charge >= 0.3 is 0 Å². The molecular formula is C15H21N3O3. The molecule has 1 saturated heterocycles. The summed E-state index contributed by atoms with van der Waals surface area (Å²) in [6, 6.07) is 0.392. The van der Waals surface area contributed by atoms with E-state index >= 15 is 0 Å². The fourth-order valence-electron chi connectivity index (χ4n) is 2.99. The molecule has 0 aromatic carbocycles. The molecule has 1 atom stereocenters. The van der Waals surface area contributed by atoms with E-state index in [1.54, 1.807) is 11.9 Å². The molecule has 2 aliphatic rings. The number of carbonyl (C=O) groups is 2. The zero-order valence-electron chi connectivity index (χ0n) is 12.8. The van der Waals surface area contributed by atoms with E-state index in [9.17, 15) is 9.59 Å². The van der Waals surface area contributed by atoms with E-state index < -0.39 is 0 Å². The highest BCUT2D eigenvalue weighted by Crippen LogP contribution is 2.33. The first-order valence-corrected chi connectivity index (χ1v) is 7.43. The van der Waals surface area contributed by atoms with Crippen LogP contribution in [-0.2, 0) is 16.1 Å². The van der Waals surface area contributed by atoms with Crippen LogP contribution in [0, 0.1) is 19.8 Å². The highest BCUT2D eigenvalue weighted by molar-refractivity contribution is 5.89. The summed E-state index contributed by atoms with van der Waals surface area (Å²) in [6.45, 7) is 4.78. The number of aromatic nitrogens is 1. The lowest BCUT2D eigenvalue weighted by atomic mass is 10.1. The summed E-state index contributed by atoms with van der Waals surface area (Å²) in [5.74, 6) is 0.700. The number of hydrogen-bond acceptors (Lipinski definition) is 4. The quantitative estimate of drug-likeness (QED) is 0.837. The Bertz CT molecular complexity index is 557. The summed E-state index contributed by atoms with van der Waals surface area (Å²) < 4.78 is 5.12. The molecule has 2 heterocycles. The number of amides is 2. The van der Waals surface area contributed by atoms with Gasteiger partial charge in [0, 0.05) is 31.6 Å². The zero-order valence-corrected chi connectivity index (χ0v) is 12.8. The number of carbonyl (C=O) groups excluding carboxylic acids is 2. The van der Waals surface area contributed by atoms with Crippen molar-refractivity contribution in [2.75, 3.05) is 13.6 Å². The molecule has 1 aromatic rings. The van der Waals surface area contributed by atoms with Crippen molar-refractivity contribution in [3.8, 4) is 0 Å². The molecule has 1 aromatic heterocycles. The topological polar surface area (TPSA) is 66.7 Å². The van der Waals surface area contributed by atoms with Crippen LogP contribution in [0.5, 0.6) is 0 Å². The summed E-state index contributed by atoms with van der Waals surface area (Å²) >= 11 is 0. The van der Waals surface area contributed by atoms with Crippen LogP contribution in [0.2, 0.25) is 0 Å². The molecule has 2 fully saturated rings. The minimum Gasteiger partial charge on any atom is -0.361 e. The van der Waals surface area contributed by atoms with E-state index in [1.807, 2.05) is 18.7 Å². The minimum atomic E-state index is -0.205. The van der Waals surface area contributed by atoms with E-state index in [2.05, 4.69) is 5.16 Å². The molecule has 21 heavy (non-hydrogen) atoms. The summed E-state index contributed by atoms with van der Waals surface area (Å²) in [6.07, 6.45) is 2.52. The van der Waals surface area contributed by atoms with Gasteiger partial charge in [0.15, 0.2) is 0 Å². The summed E-state index contributed by atoms with van der Waals surface area (Å²) in [5, 5.41) is 3.91. The van der Waals surface area contributed by atoms with Gasteiger partial charge in [-0.25, -0.2) is 0 Å². The molecule has 0 bridgehead atoms. The number of hydrogen-bond donors (Lipinski definition) is 0. The lowest BCUT2D eigenvalue weighted by Crippen LogP contribution is -2.35. The highest BCUT2D eigenvalue weighted by atomic mass is 16.5. The minimum absolute atomic E-state index is 0.0338. The largest absolute Gasteiger partial charge is 0.361 e. The number of rotatable bonds is 4. The second-order valence-corrected chi connectivity index (χ2v) is 6.18. The van der Waals surface area contributed by atoms with Crippen LogP contribution in [0.25, 0.3) is 0 Å². The molecule has 2 amide bonds. The van der Waals surface area contributed by atoms with Gasteiger partial charge in [-0.15, -0.1) is 0 Å². The van der Waals surface area contributed by atoms with Crippen molar-refractivity contribution in [3.63, 3.8) is 0 Å². The average molecular weight is 291 g/mol. The van der Waals surface area contributed by atoms with Gasteiger partial charge in [0.25, 0.3) is 0 Å². The second kappa shape index (κ2) is 5.16. The Morgan fingerprint density at radius 3 is 2.71 bits per heavy atom. The van der Waals surface area contributed by atoms with Gasteiger partial charge in [0.05, 0.1) is 18.2 Å². The summed E-state index contributed by atoms with van der Waals surface area (Å²) in [4.78, 5) is 28.0. The van der Waals surface area contributed by atoms with Crippen molar-refractivity contribution < 1.29 is 14.1 Å². The van der Waals surface area contributed by atoms with Crippen LogP contribution in [0.3, 0.4) is 0 Å². The first kappa shape index (κ1) is 14.1. The van der Waals surface area contributed by atoms with Gasteiger partial charge in [-0.3, -0.25) is 9.59 Å². The van der Waals surface area contributed by atoms with Crippen LogP contribution < -0.4 is 0 Å². The van der Waals surface area contributed by atoms with E-state index in [1.165, 1.54) is 0 Å². The van der Waals surface area contributed by atoms with Gasteiger partial charge in [0.1, 0.15) is 5.76 Å². The third-order valence-corrected chi connectivity index (χ3v) is 4.45. The molecule has 1 saturated carbocycles. The number of nitrogens with zero attached hydrogens (tertiary/aromatic N) is 3. The highest BCUT2D eigenvalue weighted by Gasteiger charge is 2.42. The molecule has 1 aliphatic carbocycles. The number of aryl methyl sites for hydroxylation is 2. The Hall–Kier alpha value is -1.85. The van der Waals surface area contributed by atoms with Crippen LogP contribution >= 0.6 is 0 Å². The van der Waals surface area contributed by atoms with E-state index in [-0.39, 0.29) is 17.7 Å². The van der Waals surface area contributed by atoms with Crippen molar-refractivity contribution in [1.82, 2.24) is 15.0 Å². The predicted octanol–water partition coefficient (Wildman–Crippen LogP) is 1.26. The van der Waals surface area contributed by atoms with Crippen molar-refractivity contribution in [3.05, 3.63) is 17.0 Å². The van der Waals surface area contributed by atoms with Gasteiger partial charge in [-0.2, -0.15) is 0 Å². The fourth-order valence-corrected chi connectivity index (χ4v) is 2.99. The van der Waals surface area contributed by atoms with E-state index in [4.69, 9.17) is 4.52 Å². The molecule has 1 unspecified atom stereocenters. The first-order chi connectivity index (χ1) is 9.97. The van der Waals surface area contributed by atoms with Crippen molar-refractivity contribution in [1.29, 1.82) is 0 Å². The Balaban J connectivity index is 1.64. The van der Waals surface area contributed by atoms with Crippen LogP contribution in [0.1, 0.15) is 36.3 Å². The lowest BCUT2D eigenvalue weighted by Gasteiger charge is -2.21. The molecular weight excluding hydrogens is 270 g/mol. The van der Waals surface area contributed by atoms with Crippen LogP contribution in [-0.4, -0.2) is 46.4 Å². The SMILES string of the molecule is Cc1noc(C)c1CN(C)C(=O)C1CC(=O)N(C2CC2)C1. The van der Waals surface area contributed by atoms with Crippen molar-refractivity contribution in [2.45, 2.75) is 45.7 Å². The molecule has 114 valence electrons. The molecule has 0 spiro atoms. The van der Waals surface area contributed by atoms with Crippen LogP contribution in [0.15, 0.2) is 4.52 Å².